The first-order chi connectivity index (χ1) is 7.97. The topological polar surface area (TPSA) is 9.23 Å². The second kappa shape index (κ2) is 4.67. The summed E-state index contributed by atoms with van der Waals surface area (Å²) in [5.74, 6) is 0.968. The summed E-state index contributed by atoms with van der Waals surface area (Å²) >= 11 is 0. The van der Waals surface area contributed by atoms with E-state index >= 15 is 0 Å². The molecule has 1 aromatic carbocycles. The molecule has 0 saturated heterocycles. The summed E-state index contributed by atoms with van der Waals surface area (Å²) in [5, 5.41) is 0. The Labute approximate surface area is 103 Å². The first-order valence-corrected chi connectivity index (χ1v) is 6.39. The highest BCUT2D eigenvalue weighted by molar-refractivity contribution is 5.34. The van der Waals surface area contributed by atoms with Crippen molar-refractivity contribution < 1.29 is 9.13 Å². The summed E-state index contributed by atoms with van der Waals surface area (Å²) in [6.07, 6.45) is 3.68. The molecule has 17 heavy (non-hydrogen) atoms. The van der Waals surface area contributed by atoms with Gasteiger partial charge in [-0.2, -0.15) is 0 Å². The second-order valence-electron chi connectivity index (χ2n) is 5.98. The molecule has 0 atom stereocenters. The van der Waals surface area contributed by atoms with E-state index in [9.17, 15) is 4.39 Å². The van der Waals surface area contributed by atoms with Crippen molar-refractivity contribution in [2.75, 3.05) is 6.61 Å². The molecule has 0 unspecified atom stereocenters. The van der Waals surface area contributed by atoms with Gasteiger partial charge in [0.15, 0.2) is 11.6 Å². The van der Waals surface area contributed by atoms with Gasteiger partial charge in [-0.3, -0.25) is 0 Å². The van der Waals surface area contributed by atoms with Gasteiger partial charge in [0.05, 0.1) is 6.61 Å². The SMILES string of the molecule is CC(C)(C)c1ccc(F)c(OCCC2CC2)c1. The molecule has 0 aliphatic heterocycles. The highest BCUT2D eigenvalue weighted by Gasteiger charge is 2.21. The van der Waals surface area contributed by atoms with Gasteiger partial charge >= 0.3 is 0 Å². The molecular weight excluding hydrogens is 215 g/mol. The fourth-order valence-corrected chi connectivity index (χ4v) is 1.82. The molecule has 94 valence electrons. The fourth-order valence-electron chi connectivity index (χ4n) is 1.82. The van der Waals surface area contributed by atoms with Crippen molar-refractivity contribution in [3.05, 3.63) is 29.6 Å². The average Bonchev–Trinajstić information content (AvgIpc) is 3.03. The molecular formula is C15H21FO. The van der Waals surface area contributed by atoms with Gasteiger partial charge in [-0.25, -0.2) is 4.39 Å². The highest BCUT2D eigenvalue weighted by atomic mass is 19.1. The molecule has 1 aliphatic rings. The van der Waals surface area contributed by atoms with Crippen molar-refractivity contribution in [2.24, 2.45) is 5.92 Å². The minimum Gasteiger partial charge on any atom is -0.490 e. The van der Waals surface area contributed by atoms with E-state index in [4.69, 9.17) is 4.74 Å². The predicted octanol–water partition coefficient (Wildman–Crippen LogP) is 4.30. The second-order valence-corrected chi connectivity index (χ2v) is 5.98. The number of ether oxygens (including phenoxy) is 1. The van der Waals surface area contributed by atoms with Crippen LogP contribution in [0.25, 0.3) is 0 Å². The first-order valence-electron chi connectivity index (χ1n) is 6.39. The lowest BCUT2D eigenvalue weighted by Crippen LogP contribution is -2.11. The van der Waals surface area contributed by atoms with Crippen LogP contribution in [0.3, 0.4) is 0 Å². The quantitative estimate of drug-likeness (QED) is 0.757. The van der Waals surface area contributed by atoms with E-state index in [2.05, 4.69) is 20.8 Å². The number of hydrogen-bond acceptors (Lipinski definition) is 1. The molecule has 1 nitrogen and oxygen atoms in total. The third-order valence-corrected chi connectivity index (χ3v) is 3.28. The molecule has 1 saturated carbocycles. The number of rotatable bonds is 4. The van der Waals surface area contributed by atoms with Crippen LogP contribution in [0.1, 0.15) is 45.6 Å². The Morgan fingerprint density at radius 1 is 1.29 bits per heavy atom. The number of hydrogen-bond donors (Lipinski definition) is 0. The Hall–Kier alpha value is -1.05. The molecule has 0 spiro atoms. The molecule has 2 heteroatoms. The van der Waals surface area contributed by atoms with E-state index in [1.807, 2.05) is 12.1 Å². The maximum Gasteiger partial charge on any atom is 0.165 e. The van der Waals surface area contributed by atoms with E-state index in [0.717, 1.165) is 17.9 Å². The zero-order valence-electron chi connectivity index (χ0n) is 10.9. The largest absolute Gasteiger partial charge is 0.490 e. The van der Waals surface area contributed by atoms with Gasteiger partial charge in [0.25, 0.3) is 0 Å². The normalized spacial score (nSPS) is 16.0. The van der Waals surface area contributed by atoms with Crippen molar-refractivity contribution in [2.45, 2.75) is 45.4 Å². The standard InChI is InChI=1S/C15H21FO/c1-15(2,3)12-6-7-13(16)14(10-12)17-9-8-11-4-5-11/h6-7,10-11H,4-5,8-9H2,1-3H3. The Balaban J connectivity index is 2.03. The molecule has 0 amide bonds. The van der Waals surface area contributed by atoms with E-state index in [1.54, 1.807) is 0 Å². The van der Waals surface area contributed by atoms with E-state index in [-0.39, 0.29) is 11.2 Å². The summed E-state index contributed by atoms with van der Waals surface area (Å²) in [7, 11) is 0. The van der Waals surface area contributed by atoms with Gasteiger partial charge in [0.1, 0.15) is 0 Å². The van der Waals surface area contributed by atoms with Crippen molar-refractivity contribution in [3.8, 4) is 5.75 Å². The van der Waals surface area contributed by atoms with Crippen molar-refractivity contribution in [3.63, 3.8) is 0 Å². The summed E-state index contributed by atoms with van der Waals surface area (Å²) in [4.78, 5) is 0. The maximum absolute atomic E-state index is 13.6. The van der Waals surface area contributed by atoms with Crippen molar-refractivity contribution >= 4 is 0 Å². The molecule has 2 rings (SSSR count). The fraction of sp³-hybridized carbons (Fsp3) is 0.600. The lowest BCUT2D eigenvalue weighted by atomic mass is 9.87. The third-order valence-electron chi connectivity index (χ3n) is 3.28. The van der Waals surface area contributed by atoms with Crippen LogP contribution in [-0.4, -0.2) is 6.61 Å². The highest BCUT2D eigenvalue weighted by Crippen LogP contribution is 2.33. The van der Waals surface area contributed by atoms with Crippen molar-refractivity contribution in [1.82, 2.24) is 0 Å². The molecule has 0 bridgehead atoms. The maximum atomic E-state index is 13.6. The van der Waals surface area contributed by atoms with Crippen LogP contribution in [0.2, 0.25) is 0 Å². The van der Waals surface area contributed by atoms with Crippen molar-refractivity contribution in [1.29, 1.82) is 0 Å². The average molecular weight is 236 g/mol. The zero-order valence-corrected chi connectivity index (χ0v) is 10.9. The van der Waals surface area contributed by atoms with Crippen LogP contribution in [0.4, 0.5) is 4.39 Å². The molecule has 0 heterocycles. The van der Waals surface area contributed by atoms with Crippen LogP contribution < -0.4 is 4.74 Å². The Morgan fingerprint density at radius 2 is 2.00 bits per heavy atom. The Bertz CT molecular complexity index is 388. The molecule has 1 fully saturated rings. The van der Waals surface area contributed by atoms with E-state index < -0.39 is 0 Å². The molecule has 1 aliphatic carbocycles. The molecule has 1 aromatic rings. The summed E-state index contributed by atoms with van der Waals surface area (Å²) in [6, 6.07) is 5.18. The van der Waals surface area contributed by atoms with Gasteiger partial charge in [-0.15, -0.1) is 0 Å². The third kappa shape index (κ3) is 3.45. The van der Waals surface area contributed by atoms with E-state index in [0.29, 0.717) is 12.4 Å². The monoisotopic (exact) mass is 236 g/mol. The van der Waals surface area contributed by atoms with E-state index in [1.165, 1.54) is 18.9 Å². The van der Waals surface area contributed by atoms with Gasteiger partial charge in [-0.1, -0.05) is 39.7 Å². The van der Waals surface area contributed by atoms with Crippen LogP contribution in [-0.2, 0) is 5.41 Å². The minimum absolute atomic E-state index is 0.0301. The zero-order chi connectivity index (χ0) is 12.5. The Morgan fingerprint density at radius 3 is 2.59 bits per heavy atom. The van der Waals surface area contributed by atoms with Crippen LogP contribution >= 0.6 is 0 Å². The summed E-state index contributed by atoms with van der Waals surface area (Å²) in [6.45, 7) is 6.99. The Kier molecular flexibility index (Phi) is 3.41. The minimum atomic E-state index is -0.256. The van der Waals surface area contributed by atoms with Gasteiger partial charge in [0, 0.05) is 0 Å². The molecule has 0 aromatic heterocycles. The van der Waals surface area contributed by atoms with Crippen LogP contribution in [0.15, 0.2) is 18.2 Å². The first kappa shape index (κ1) is 12.4. The smallest absolute Gasteiger partial charge is 0.165 e. The van der Waals surface area contributed by atoms with Gasteiger partial charge < -0.3 is 4.74 Å². The number of halogens is 1. The summed E-state index contributed by atoms with van der Waals surface area (Å²) < 4.78 is 19.1. The van der Waals surface area contributed by atoms with Gasteiger partial charge in [0.2, 0.25) is 0 Å². The van der Waals surface area contributed by atoms with Crippen LogP contribution in [0, 0.1) is 11.7 Å². The molecule has 0 N–H and O–H groups in total. The lowest BCUT2D eigenvalue weighted by molar-refractivity contribution is 0.287. The lowest BCUT2D eigenvalue weighted by Gasteiger charge is -2.20. The van der Waals surface area contributed by atoms with Crippen LogP contribution in [0.5, 0.6) is 5.75 Å². The van der Waals surface area contributed by atoms with Gasteiger partial charge in [-0.05, 0) is 35.4 Å². The predicted molar refractivity (Wildman–Crippen MR) is 67.9 cm³/mol. The molecule has 0 radical (unpaired) electrons. The number of benzene rings is 1. The summed E-state index contributed by atoms with van der Waals surface area (Å²) in [5.41, 5.74) is 1.14.